The van der Waals surface area contributed by atoms with Gasteiger partial charge in [-0.3, -0.25) is 9.78 Å². The lowest BCUT2D eigenvalue weighted by molar-refractivity contribution is 0.0690. The summed E-state index contributed by atoms with van der Waals surface area (Å²) in [6, 6.07) is 21.3. The van der Waals surface area contributed by atoms with E-state index in [1.165, 1.54) is 0 Å². The molecule has 3 rings (SSSR count). The van der Waals surface area contributed by atoms with Crippen LogP contribution in [-0.2, 0) is 13.2 Å². The summed E-state index contributed by atoms with van der Waals surface area (Å²) >= 11 is 0. The Labute approximate surface area is 160 Å². The van der Waals surface area contributed by atoms with Crippen molar-refractivity contribution in [1.29, 1.82) is 0 Å². The molecule has 0 fully saturated rings. The van der Waals surface area contributed by atoms with Crippen LogP contribution in [0.15, 0.2) is 79.1 Å². The maximum atomic E-state index is 12.9. The minimum Gasteiger partial charge on any atom is -0.489 e. The molecule has 0 radical (unpaired) electrons. The third-order valence-corrected chi connectivity index (χ3v) is 4.31. The van der Waals surface area contributed by atoms with E-state index in [0.29, 0.717) is 18.7 Å². The topological polar surface area (TPSA) is 42.4 Å². The van der Waals surface area contributed by atoms with Gasteiger partial charge in [-0.15, -0.1) is 0 Å². The largest absolute Gasteiger partial charge is 0.489 e. The highest BCUT2D eigenvalue weighted by Gasteiger charge is 2.19. The minimum absolute atomic E-state index is 0.00321. The number of ether oxygens (including phenoxy) is 1. The fourth-order valence-electron chi connectivity index (χ4n) is 2.78. The van der Waals surface area contributed by atoms with Gasteiger partial charge in [0, 0.05) is 30.5 Å². The molecular formula is C23H24N2O2. The SMILES string of the molecule is CC(C)N(Cc1cccnc1)C(=O)c1ccc(OCc2ccccc2)cc1. The number of hydrogen-bond acceptors (Lipinski definition) is 3. The van der Waals surface area contributed by atoms with E-state index in [9.17, 15) is 4.79 Å². The number of aromatic nitrogens is 1. The van der Waals surface area contributed by atoms with Crippen molar-refractivity contribution in [1.82, 2.24) is 9.88 Å². The number of pyridine rings is 1. The highest BCUT2D eigenvalue weighted by Crippen LogP contribution is 2.18. The fraction of sp³-hybridized carbons (Fsp3) is 0.217. The Balaban J connectivity index is 1.66. The van der Waals surface area contributed by atoms with Crippen LogP contribution in [0.25, 0.3) is 0 Å². The van der Waals surface area contributed by atoms with Crippen LogP contribution in [0.4, 0.5) is 0 Å². The molecule has 0 spiro atoms. The summed E-state index contributed by atoms with van der Waals surface area (Å²) < 4.78 is 5.80. The Morgan fingerprint density at radius 1 is 0.963 bits per heavy atom. The number of carbonyl (C=O) groups excluding carboxylic acids is 1. The van der Waals surface area contributed by atoms with Gasteiger partial charge in [-0.05, 0) is 55.3 Å². The molecule has 1 heterocycles. The van der Waals surface area contributed by atoms with E-state index >= 15 is 0 Å². The Bertz CT molecular complexity index is 847. The molecule has 27 heavy (non-hydrogen) atoms. The number of hydrogen-bond donors (Lipinski definition) is 0. The molecule has 1 aromatic heterocycles. The van der Waals surface area contributed by atoms with Crippen molar-refractivity contribution >= 4 is 5.91 Å². The zero-order valence-electron chi connectivity index (χ0n) is 15.7. The molecule has 0 aliphatic heterocycles. The fourth-order valence-corrected chi connectivity index (χ4v) is 2.78. The van der Waals surface area contributed by atoms with E-state index in [-0.39, 0.29) is 11.9 Å². The lowest BCUT2D eigenvalue weighted by Gasteiger charge is -2.27. The van der Waals surface area contributed by atoms with Crippen LogP contribution in [-0.4, -0.2) is 21.8 Å². The molecule has 0 saturated heterocycles. The number of nitrogens with zero attached hydrogens (tertiary/aromatic N) is 2. The van der Waals surface area contributed by atoms with Gasteiger partial charge in [-0.2, -0.15) is 0 Å². The molecule has 4 nitrogen and oxygen atoms in total. The second-order valence-corrected chi connectivity index (χ2v) is 6.69. The third-order valence-electron chi connectivity index (χ3n) is 4.31. The molecule has 0 aliphatic rings. The molecule has 1 amide bonds. The van der Waals surface area contributed by atoms with Crippen LogP contribution < -0.4 is 4.74 Å². The van der Waals surface area contributed by atoms with Crippen molar-refractivity contribution in [3.05, 3.63) is 95.8 Å². The first kappa shape index (κ1) is 18.6. The van der Waals surface area contributed by atoms with Gasteiger partial charge in [0.25, 0.3) is 5.91 Å². The van der Waals surface area contributed by atoms with Gasteiger partial charge < -0.3 is 9.64 Å². The average Bonchev–Trinajstić information content (AvgIpc) is 2.72. The van der Waals surface area contributed by atoms with Crippen LogP contribution in [0.1, 0.15) is 35.3 Å². The summed E-state index contributed by atoms with van der Waals surface area (Å²) in [5.41, 5.74) is 2.78. The number of carbonyl (C=O) groups is 1. The molecule has 0 atom stereocenters. The maximum absolute atomic E-state index is 12.9. The van der Waals surface area contributed by atoms with Crippen molar-refractivity contribution in [3.8, 4) is 5.75 Å². The second-order valence-electron chi connectivity index (χ2n) is 6.69. The summed E-state index contributed by atoms with van der Waals surface area (Å²) in [6.07, 6.45) is 3.53. The first-order valence-corrected chi connectivity index (χ1v) is 9.10. The first-order chi connectivity index (χ1) is 13.1. The Morgan fingerprint density at radius 3 is 2.30 bits per heavy atom. The first-order valence-electron chi connectivity index (χ1n) is 9.10. The Morgan fingerprint density at radius 2 is 1.67 bits per heavy atom. The molecule has 2 aromatic carbocycles. The van der Waals surface area contributed by atoms with Gasteiger partial charge in [0.2, 0.25) is 0 Å². The standard InChI is InChI=1S/C23H24N2O2/c1-18(2)25(16-20-9-6-14-24-15-20)23(26)21-10-12-22(13-11-21)27-17-19-7-4-3-5-8-19/h3-15,18H,16-17H2,1-2H3. The predicted octanol–water partition coefficient (Wildman–Crippen LogP) is 4.71. The van der Waals surface area contributed by atoms with Crippen molar-refractivity contribution in [2.75, 3.05) is 0 Å². The van der Waals surface area contributed by atoms with E-state index in [0.717, 1.165) is 16.9 Å². The molecule has 0 N–H and O–H groups in total. The summed E-state index contributed by atoms with van der Waals surface area (Å²) in [7, 11) is 0. The molecule has 0 aliphatic carbocycles. The summed E-state index contributed by atoms with van der Waals surface area (Å²) in [6.45, 7) is 5.08. The quantitative estimate of drug-likeness (QED) is 0.613. The van der Waals surface area contributed by atoms with Crippen molar-refractivity contribution < 1.29 is 9.53 Å². The van der Waals surface area contributed by atoms with Gasteiger partial charge >= 0.3 is 0 Å². The van der Waals surface area contributed by atoms with E-state index in [1.807, 2.05) is 85.5 Å². The highest BCUT2D eigenvalue weighted by atomic mass is 16.5. The van der Waals surface area contributed by atoms with Gasteiger partial charge in [0.05, 0.1) is 0 Å². The Hall–Kier alpha value is -3.14. The van der Waals surface area contributed by atoms with Crippen molar-refractivity contribution in [2.45, 2.75) is 33.0 Å². The average molecular weight is 360 g/mol. The zero-order valence-corrected chi connectivity index (χ0v) is 15.7. The second kappa shape index (κ2) is 8.99. The van der Waals surface area contributed by atoms with Crippen LogP contribution >= 0.6 is 0 Å². The van der Waals surface area contributed by atoms with Crippen LogP contribution in [0.5, 0.6) is 5.75 Å². The number of benzene rings is 2. The number of rotatable bonds is 7. The molecule has 138 valence electrons. The molecule has 0 bridgehead atoms. The van der Waals surface area contributed by atoms with Gasteiger partial charge in [-0.1, -0.05) is 36.4 Å². The molecule has 0 saturated carbocycles. The van der Waals surface area contributed by atoms with Crippen molar-refractivity contribution in [3.63, 3.8) is 0 Å². The minimum atomic E-state index is 0.00321. The highest BCUT2D eigenvalue weighted by molar-refractivity contribution is 5.94. The molecule has 0 unspecified atom stereocenters. The van der Waals surface area contributed by atoms with Crippen LogP contribution in [0.3, 0.4) is 0 Å². The molecule has 3 aromatic rings. The third kappa shape index (κ3) is 5.17. The normalized spacial score (nSPS) is 10.6. The summed E-state index contributed by atoms with van der Waals surface area (Å²) in [5, 5.41) is 0. The number of amides is 1. The lowest BCUT2D eigenvalue weighted by Crippen LogP contribution is -2.36. The van der Waals surface area contributed by atoms with Crippen LogP contribution in [0, 0.1) is 0 Å². The summed E-state index contributed by atoms with van der Waals surface area (Å²) in [5.74, 6) is 0.752. The van der Waals surface area contributed by atoms with Gasteiger partial charge in [0.15, 0.2) is 0 Å². The van der Waals surface area contributed by atoms with E-state index in [1.54, 1.807) is 12.4 Å². The Kier molecular flexibility index (Phi) is 6.21. The predicted molar refractivity (Wildman–Crippen MR) is 106 cm³/mol. The maximum Gasteiger partial charge on any atom is 0.254 e. The van der Waals surface area contributed by atoms with E-state index in [2.05, 4.69) is 4.98 Å². The van der Waals surface area contributed by atoms with Gasteiger partial charge in [-0.25, -0.2) is 0 Å². The monoisotopic (exact) mass is 360 g/mol. The van der Waals surface area contributed by atoms with Crippen LogP contribution in [0.2, 0.25) is 0 Å². The smallest absolute Gasteiger partial charge is 0.254 e. The van der Waals surface area contributed by atoms with E-state index in [4.69, 9.17) is 4.74 Å². The lowest BCUT2D eigenvalue weighted by atomic mass is 10.1. The molecule has 4 heteroatoms. The van der Waals surface area contributed by atoms with Crippen molar-refractivity contribution in [2.24, 2.45) is 0 Å². The zero-order chi connectivity index (χ0) is 19.1. The molecular weight excluding hydrogens is 336 g/mol. The summed E-state index contributed by atoms with van der Waals surface area (Å²) in [4.78, 5) is 18.9. The van der Waals surface area contributed by atoms with Gasteiger partial charge in [0.1, 0.15) is 12.4 Å². The van der Waals surface area contributed by atoms with E-state index < -0.39 is 0 Å².